The van der Waals surface area contributed by atoms with Crippen molar-refractivity contribution in [2.24, 2.45) is 4.99 Å². The number of hydrogen-bond acceptors (Lipinski definition) is 4. The highest BCUT2D eigenvalue weighted by atomic mass is 16.3. The summed E-state index contributed by atoms with van der Waals surface area (Å²) in [6.07, 6.45) is -2.19. The summed E-state index contributed by atoms with van der Waals surface area (Å²) in [4.78, 5) is 4.25. The third kappa shape index (κ3) is 2.98. The lowest BCUT2D eigenvalue weighted by Gasteiger charge is -2.34. The van der Waals surface area contributed by atoms with Crippen LogP contribution in [0.15, 0.2) is 35.3 Å². The average molecular weight is 251 g/mol. The molecule has 5 N–H and O–H groups in total. The van der Waals surface area contributed by atoms with E-state index < -0.39 is 18.4 Å². The lowest BCUT2D eigenvalue weighted by molar-refractivity contribution is -0.0307. The Kier molecular flexibility index (Phi) is 4.14. The lowest BCUT2D eigenvalue weighted by atomic mass is 10.1. The van der Waals surface area contributed by atoms with Crippen LogP contribution in [0.2, 0.25) is 0 Å². The SMILES string of the molecule is OC[C@H]1NC(=NCc2ccccc2)NC(O)[C@H]1O. The second-order valence-corrected chi connectivity index (χ2v) is 4.16. The van der Waals surface area contributed by atoms with Crippen molar-refractivity contribution in [1.29, 1.82) is 0 Å². The van der Waals surface area contributed by atoms with E-state index in [0.29, 0.717) is 12.5 Å². The number of benzene rings is 1. The predicted octanol–water partition coefficient (Wildman–Crippen LogP) is -1.22. The second-order valence-electron chi connectivity index (χ2n) is 4.16. The van der Waals surface area contributed by atoms with E-state index in [1.807, 2.05) is 30.3 Å². The van der Waals surface area contributed by atoms with E-state index >= 15 is 0 Å². The molecule has 1 fully saturated rings. The van der Waals surface area contributed by atoms with Crippen molar-refractivity contribution in [3.63, 3.8) is 0 Å². The molecule has 0 amide bonds. The fourth-order valence-corrected chi connectivity index (χ4v) is 1.75. The summed E-state index contributed by atoms with van der Waals surface area (Å²) in [6.45, 7) is 0.182. The minimum atomic E-state index is -1.13. The van der Waals surface area contributed by atoms with E-state index in [9.17, 15) is 10.2 Å². The Hall–Kier alpha value is -1.63. The van der Waals surface area contributed by atoms with Gasteiger partial charge in [0, 0.05) is 0 Å². The number of rotatable bonds is 3. The second kappa shape index (κ2) is 5.81. The maximum absolute atomic E-state index is 9.55. The first-order valence-corrected chi connectivity index (χ1v) is 5.79. The van der Waals surface area contributed by atoms with Crippen molar-refractivity contribution >= 4 is 5.96 Å². The number of hydrogen-bond donors (Lipinski definition) is 5. The van der Waals surface area contributed by atoms with E-state index in [4.69, 9.17) is 5.11 Å². The van der Waals surface area contributed by atoms with Gasteiger partial charge in [0.05, 0.1) is 19.2 Å². The molecule has 6 nitrogen and oxygen atoms in total. The minimum absolute atomic E-state index is 0.274. The van der Waals surface area contributed by atoms with Crippen LogP contribution in [0.3, 0.4) is 0 Å². The molecule has 0 saturated carbocycles. The molecule has 0 radical (unpaired) electrons. The van der Waals surface area contributed by atoms with Crippen LogP contribution in [-0.4, -0.2) is 46.3 Å². The highest BCUT2D eigenvalue weighted by Crippen LogP contribution is 2.05. The summed E-state index contributed by atoms with van der Waals surface area (Å²) in [5.41, 5.74) is 1.04. The summed E-state index contributed by atoms with van der Waals surface area (Å²) in [5.74, 6) is 0.371. The van der Waals surface area contributed by atoms with Crippen LogP contribution in [0.1, 0.15) is 5.56 Å². The highest BCUT2D eigenvalue weighted by molar-refractivity contribution is 5.81. The monoisotopic (exact) mass is 251 g/mol. The summed E-state index contributed by atoms with van der Waals surface area (Å²) in [5, 5.41) is 33.6. The molecule has 1 aromatic rings. The third-order valence-corrected chi connectivity index (χ3v) is 2.80. The number of aliphatic imine (C=N–C) groups is 1. The number of nitrogens with zero attached hydrogens (tertiary/aromatic N) is 1. The lowest BCUT2D eigenvalue weighted by Crippen LogP contribution is -2.65. The Morgan fingerprint density at radius 2 is 1.83 bits per heavy atom. The summed E-state index contributed by atoms with van der Waals surface area (Å²) in [7, 11) is 0. The molecule has 1 aliphatic heterocycles. The summed E-state index contributed by atoms with van der Waals surface area (Å²) in [6, 6.07) is 9.05. The van der Waals surface area contributed by atoms with Crippen LogP contribution in [0.5, 0.6) is 0 Å². The van der Waals surface area contributed by atoms with Gasteiger partial charge in [0.15, 0.2) is 12.2 Å². The molecule has 3 atom stereocenters. The van der Waals surface area contributed by atoms with E-state index in [-0.39, 0.29) is 6.61 Å². The summed E-state index contributed by atoms with van der Waals surface area (Å²) >= 11 is 0. The van der Waals surface area contributed by atoms with Gasteiger partial charge in [-0.05, 0) is 5.56 Å². The van der Waals surface area contributed by atoms with Crippen molar-refractivity contribution in [3.8, 4) is 0 Å². The molecule has 18 heavy (non-hydrogen) atoms. The average Bonchev–Trinajstić information content (AvgIpc) is 2.41. The normalized spacial score (nSPS) is 29.7. The topological polar surface area (TPSA) is 97.1 Å². The van der Waals surface area contributed by atoms with Gasteiger partial charge in [-0.2, -0.15) is 0 Å². The van der Waals surface area contributed by atoms with E-state index in [0.717, 1.165) is 5.56 Å². The van der Waals surface area contributed by atoms with Crippen molar-refractivity contribution in [3.05, 3.63) is 35.9 Å². The smallest absolute Gasteiger partial charge is 0.194 e. The number of nitrogens with one attached hydrogen (secondary N) is 2. The molecule has 2 rings (SSSR count). The van der Waals surface area contributed by atoms with Crippen LogP contribution < -0.4 is 10.6 Å². The van der Waals surface area contributed by atoms with Crippen molar-refractivity contribution in [2.45, 2.75) is 24.9 Å². The minimum Gasteiger partial charge on any atom is -0.394 e. The molecule has 0 aromatic heterocycles. The quantitative estimate of drug-likeness (QED) is 0.464. The maximum Gasteiger partial charge on any atom is 0.194 e. The van der Waals surface area contributed by atoms with Crippen LogP contribution in [-0.2, 0) is 6.54 Å². The Balaban J connectivity index is 2.00. The molecule has 1 unspecified atom stereocenters. The van der Waals surface area contributed by atoms with Crippen LogP contribution >= 0.6 is 0 Å². The molecular weight excluding hydrogens is 234 g/mol. The van der Waals surface area contributed by atoms with Gasteiger partial charge >= 0.3 is 0 Å². The molecule has 98 valence electrons. The summed E-state index contributed by atoms with van der Waals surface area (Å²) < 4.78 is 0. The van der Waals surface area contributed by atoms with E-state index in [2.05, 4.69) is 15.6 Å². The third-order valence-electron chi connectivity index (χ3n) is 2.80. The zero-order chi connectivity index (χ0) is 13.0. The molecule has 0 aliphatic carbocycles. The molecule has 0 spiro atoms. The number of guanidine groups is 1. The largest absolute Gasteiger partial charge is 0.394 e. The fraction of sp³-hybridized carbons (Fsp3) is 0.417. The van der Waals surface area contributed by atoms with Gasteiger partial charge in [-0.15, -0.1) is 0 Å². The van der Waals surface area contributed by atoms with Crippen LogP contribution in [0.25, 0.3) is 0 Å². The van der Waals surface area contributed by atoms with Gasteiger partial charge in [-0.3, -0.25) is 0 Å². The molecule has 0 bridgehead atoms. The fourth-order valence-electron chi connectivity index (χ4n) is 1.75. The first-order valence-electron chi connectivity index (χ1n) is 5.79. The Labute approximate surface area is 105 Å². The highest BCUT2D eigenvalue weighted by Gasteiger charge is 2.32. The van der Waals surface area contributed by atoms with Gasteiger partial charge in [-0.25, -0.2) is 4.99 Å². The Bertz CT molecular complexity index is 410. The van der Waals surface area contributed by atoms with E-state index in [1.54, 1.807) is 0 Å². The Morgan fingerprint density at radius 3 is 2.50 bits per heavy atom. The van der Waals surface area contributed by atoms with Gasteiger partial charge in [0.1, 0.15) is 6.10 Å². The Morgan fingerprint density at radius 1 is 1.11 bits per heavy atom. The van der Waals surface area contributed by atoms with Crippen molar-refractivity contribution in [1.82, 2.24) is 10.6 Å². The maximum atomic E-state index is 9.55. The molecule has 1 saturated heterocycles. The van der Waals surface area contributed by atoms with Crippen LogP contribution in [0.4, 0.5) is 0 Å². The predicted molar refractivity (Wildman–Crippen MR) is 66.7 cm³/mol. The first kappa shape index (κ1) is 12.8. The van der Waals surface area contributed by atoms with Crippen molar-refractivity contribution < 1.29 is 15.3 Å². The van der Waals surface area contributed by atoms with Gasteiger partial charge in [-0.1, -0.05) is 30.3 Å². The standard InChI is InChI=1S/C12H17N3O3/c16-7-9-10(17)11(18)15-12(14-9)13-6-8-4-2-1-3-5-8/h1-5,9-11,16-18H,6-7H2,(H2,13,14,15)/t9-,10+,11?/m1/s1. The molecule has 1 aliphatic rings. The van der Waals surface area contributed by atoms with Crippen molar-refractivity contribution in [2.75, 3.05) is 6.61 Å². The molecule has 6 heteroatoms. The zero-order valence-electron chi connectivity index (χ0n) is 9.82. The molecule has 1 aromatic carbocycles. The number of aliphatic hydroxyl groups excluding tert-OH is 3. The van der Waals surface area contributed by atoms with Crippen LogP contribution in [0, 0.1) is 0 Å². The van der Waals surface area contributed by atoms with Gasteiger partial charge in [0.25, 0.3) is 0 Å². The zero-order valence-corrected chi connectivity index (χ0v) is 9.82. The molecular formula is C12H17N3O3. The van der Waals surface area contributed by atoms with E-state index in [1.165, 1.54) is 0 Å². The first-order chi connectivity index (χ1) is 8.70. The van der Waals surface area contributed by atoms with Gasteiger partial charge in [0.2, 0.25) is 0 Å². The van der Waals surface area contributed by atoms with Gasteiger partial charge < -0.3 is 26.0 Å². The number of aliphatic hydroxyl groups is 3. The molecule has 1 heterocycles.